The van der Waals surface area contributed by atoms with Gasteiger partial charge in [-0.3, -0.25) is 14.4 Å². The fraction of sp³-hybridized carbons (Fsp3) is 0.500. The maximum absolute atomic E-state index is 14.2. The summed E-state index contributed by atoms with van der Waals surface area (Å²) in [5, 5.41) is 16.9. The predicted octanol–water partition coefficient (Wildman–Crippen LogP) is 8.79. The number of likely N-dealkylation sites (tertiary alicyclic amines) is 2. The molecule has 2 saturated heterocycles. The minimum absolute atomic E-state index is 0.0743. The number of carbonyl (C=O) groups excluding carboxylic acids is 3. The van der Waals surface area contributed by atoms with Crippen molar-refractivity contribution < 1.29 is 32.6 Å². The van der Waals surface area contributed by atoms with Gasteiger partial charge in [0.25, 0.3) is 0 Å². The van der Waals surface area contributed by atoms with Crippen LogP contribution in [0.15, 0.2) is 77.3 Å². The smallest absolute Gasteiger partial charge is 0.243 e. The summed E-state index contributed by atoms with van der Waals surface area (Å²) in [5.74, 6) is 1.06. The third-order valence-corrected chi connectivity index (χ3v) is 17.4. The van der Waals surface area contributed by atoms with Gasteiger partial charge in [0.15, 0.2) is 9.84 Å². The second-order valence-corrected chi connectivity index (χ2v) is 24.9. The van der Waals surface area contributed by atoms with E-state index < -0.39 is 38.7 Å². The van der Waals surface area contributed by atoms with Gasteiger partial charge in [-0.05, 0) is 119 Å². The number of carbonyl (C=O) groups is 3. The molecule has 14 nitrogen and oxygen atoms in total. The summed E-state index contributed by atoms with van der Waals surface area (Å²) in [6, 6.07) is 17.8. The van der Waals surface area contributed by atoms with Gasteiger partial charge in [0.1, 0.15) is 17.6 Å². The lowest BCUT2D eigenvalue weighted by atomic mass is 9.85. The van der Waals surface area contributed by atoms with Crippen LogP contribution in [0.5, 0.6) is 5.75 Å². The summed E-state index contributed by atoms with van der Waals surface area (Å²) in [4.78, 5) is 60.0. The van der Waals surface area contributed by atoms with Crippen molar-refractivity contribution >= 4 is 50.5 Å². The van der Waals surface area contributed by atoms with Crippen molar-refractivity contribution in [3.05, 3.63) is 122 Å². The van der Waals surface area contributed by atoms with Crippen LogP contribution >= 0.6 is 22.9 Å². The topological polar surface area (TPSA) is 184 Å². The van der Waals surface area contributed by atoms with Gasteiger partial charge in [-0.2, -0.15) is 0 Å². The Bertz CT molecular complexity index is 2860. The molecule has 3 N–H and O–H groups in total. The molecule has 5 aromatic rings. The van der Waals surface area contributed by atoms with E-state index >= 15 is 0 Å². The Morgan fingerprint density at radius 1 is 0.959 bits per heavy atom. The Morgan fingerprint density at radius 2 is 1.67 bits per heavy atom. The monoisotopic (exact) mass is 1050 g/mol. The Balaban J connectivity index is 0.918. The van der Waals surface area contributed by atoms with Crippen LogP contribution in [-0.4, -0.2) is 112 Å². The molecule has 3 atom stereocenters. The molecule has 0 saturated carbocycles. The highest BCUT2D eigenvalue weighted by Gasteiger charge is 2.44. The maximum atomic E-state index is 14.2. The van der Waals surface area contributed by atoms with Crippen LogP contribution in [0, 0.1) is 19.3 Å². The first-order chi connectivity index (χ1) is 34.6. The molecule has 2 aliphatic rings. The fourth-order valence-corrected chi connectivity index (χ4v) is 12.1. The number of halogens is 1. The zero-order valence-corrected chi connectivity index (χ0v) is 46.1. The number of thiazole rings is 1. The quantitative estimate of drug-likeness (QED) is 0.0672. The molecule has 0 spiro atoms. The first kappa shape index (κ1) is 55.5. The van der Waals surface area contributed by atoms with Gasteiger partial charge in [-0.1, -0.05) is 80.9 Å². The van der Waals surface area contributed by atoms with Crippen molar-refractivity contribution in [3.8, 4) is 16.2 Å². The molecule has 3 amide bonds. The molecule has 2 aliphatic heterocycles. The van der Waals surface area contributed by atoms with E-state index in [1.807, 2.05) is 82.3 Å². The molecule has 2 fully saturated rings. The average molecular weight is 1050 g/mol. The van der Waals surface area contributed by atoms with E-state index in [1.165, 1.54) is 10.5 Å². The highest BCUT2D eigenvalue weighted by atomic mass is 35.5. The number of nitrogens with one attached hydrogen (secondary N) is 2. The molecular weight excluding hydrogens is 982 g/mol. The number of piperidine rings is 1. The number of aromatic nitrogens is 3. The fourth-order valence-electron chi connectivity index (χ4n) is 9.87. The van der Waals surface area contributed by atoms with Gasteiger partial charge in [-0.25, -0.2) is 23.4 Å². The molecule has 392 valence electrons. The lowest BCUT2D eigenvalue weighted by Gasteiger charge is -2.36. The van der Waals surface area contributed by atoms with Gasteiger partial charge >= 0.3 is 0 Å². The number of benzene rings is 3. The largest absolute Gasteiger partial charge is 0.491 e. The lowest BCUT2D eigenvalue weighted by molar-refractivity contribution is -0.142. The normalized spacial score (nSPS) is 17.1. The van der Waals surface area contributed by atoms with Crippen LogP contribution in [0.3, 0.4) is 0 Å². The van der Waals surface area contributed by atoms with Crippen molar-refractivity contribution in [2.75, 3.05) is 26.2 Å². The Hall–Kier alpha value is -5.26. The summed E-state index contributed by atoms with van der Waals surface area (Å²) in [6.45, 7) is 19.4. The number of nitrogens with zero attached hydrogens (tertiary/aromatic N) is 5. The average Bonchev–Trinajstić information content (AvgIpc) is 3.97. The van der Waals surface area contributed by atoms with E-state index in [0.717, 1.165) is 51.4 Å². The number of hydrogen-bond donors (Lipinski definition) is 3. The Kier molecular flexibility index (Phi) is 18.2. The summed E-state index contributed by atoms with van der Waals surface area (Å²) in [7, 11) is -3.52. The molecule has 0 unspecified atom stereocenters. The van der Waals surface area contributed by atoms with Crippen molar-refractivity contribution in [3.63, 3.8) is 0 Å². The first-order valence-corrected chi connectivity index (χ1v) is 28.3. The second kappa shape index (κ2) is 24.0. The molecule has 0 aliphatic carbocycles. The maximum Gasteiger partial charge on any atom is 0.243 e. The number of aliphatic hydroxyl groups excluding tert-OH is 1. The van der Waals surface area contributed by atoms with Crippen LogP contribution in [-0.2, 0) is 43.6 Å². The van der Waals surface area contributed by atoms with Gasteiger partial charge in [-0.15, -0.1) is 11.3 Å². The third-order valence-electron chi connectivity index (χ3n) is 13.9. The van der Waals surface area contributed by atoms with E-state index in [-0.39, 0.29) is 54.0 Å². The van der Waals surface area contributed by atoms with Crippen molar-refractivity contribution in [1.29, 1.82) is 0 Å². The number of amides is 3. The number of aryl methyl sites for hydroxylation is 2. The van der Waals surface area contributed by atoms with Crippen LogP contribution in [0.4, 0.5) is 0 Å². The van der Waals surface area contributed by atoms with Crippen molar-refractivity contribution in [2.24, 2.45) is 5.41 Å². The van der Waals surface area contributed by atoms with E-state index in [0.29, 0.717) is 67.5 Å². The van der Waals surface area contributed by atoms with Gasteiger partial charge in [0, 0.05) is 63.6 Å². The van der Waals surface area contributed by atoms with Gasteiger partial charge in [0.05, 0.1) is 55.2 Å². The van der Waals surface area contributed by atoms with E-state index in [1.54, 1.807) is 49.6 Å². The molecule has 3 aromatic carbocycles. The van der Waals surface area contributed by atoms with E-state index in [2.05, 4.69) is 39.7 Å². The number of aliphatic hydroxyl groups is 1. The summed E-state index contributed by atoms with van der Waals surface area (Å²) >= 11 is 8.21. The summed E-state index contributed by atoms with van der Waals surface area (Å²) < 4.78 is 32.8. The summed E-state index contributed by atoms with van der Waals surface area (Å²) in [6.07, 6.45) is 3.95. The summed E-state index contributed by atoms with van der Waals surface area (Å²) in [5.41, 5.74) is 8.70. The minimum atomic E-state index is -3.52. The van der Waals surface area contributed by atoms with Crippen LogP contribution in [0.1, 0.15) is 132 Å². The van der Waals surface area contributed by atoms with Gasteiger partial charge < -0.3 is 30.3 Å². The molecule has 0 radical (unpaired) electrons. The predicted molar refractivity (Wildman–Crippen MR) is 288 cm³/mol. The second-order valence-electron chi connectivity index (χ2n) is 21.2. The highest BCUT2D eigenvalue weighted by Crippen LogP contribution is 2.37. The number of rotatable bonds is 19. The Labute approximate surface area is 440 Å². The van der Waals surface area contributed by atoms with Crippen molar-refractivity contribution in [2.45, 2.75) is 154 Å². The van der Waals surface area contributed by atoms with Gasteiger partial charge in [0.2, 0.25) is 17.7 Å². The minimum Gasteiger partial charge on any atom is -0.491 e. The molecule has 7 rings (SSSR count). The zero-order valence-electron chi connectivity index (χ0n) is 43.7. The van der Waals surface area contributed by atoms with E-state index in [4.69, 9.17) is 21.3 Å². The van der Waals surface area contributed by atoms with Crippen LogP contribution in [0.25, 0.3) is 10.4 Å². The SMILES string of the molecule is Cc1cc(Cc2ncc(Cl)c(Cc3ccccc3S(=O)(=O)C(C)C)n2)c(OC(C)C)cc1C1CCN(C(=O)CCCN[C@H](C(=O)N2C[C@H](O)C[C@H]2C(=O)NCc2ccc(-c3scnc3C)cc2)C(C)(C)C)CC1. The standard InChI is InChI=1S/C56H72ClN7O7S2/c1-34(2)71-48-29-44(36(5)25-42(48)27-50-59-31-45(57)46(62-50)26-41-13-10-11-14-49(41)73(69,70)35(3)4)39-20-23-63(24-21-39)51(66)15-12-22-58-53(56(7,8)9)55(68)64-32-43(65)28-47(64)54(67)60-30-38-16-18-40(19-17-38)52-37(6)61-33-72-52/h10-11,13-14,16-19,25,29,31,33-35,39,43,47,53,58,65H,12,15,20-24,26-28,30,32H2,1-9H3,(H,60,67)/t43-,47+,53-/m1/s1. The third kappa shape index (κ3) is 13.7. The number of sulfone groups is 1. The molecule has 0 bridgehead atoms. The number of hydrogen-bond acceptors (Lipinski definition) is 12. The Morgan fingerprint density at radius 3 is 2.33 bits per heavy atom. The first-order valence-electron chi connectivity index (χ1n) is 25.5. The number of β-amino-alcohol motifs (C(OH)–C–C–N with tert-alkyl or cyclic N) is 1. The zero-order chi connectivity index (χ0) is 52.8. The molecule has 17 heteroatoms. The highest BCUT2D eigenvalue weighted by molar-refractivity contribution is 7.92. The number of ether oxygens (including phenoxy) is 1. The molecule has 73 heavy (non-hydrogen) atoms. The molecule has 2 aromatic heterocycles. The van der Waals surface area contributed by atoms with Crippen LogP contribution < -0.4 is 15.4 Å². The molecular formula is C56H72ClN7O7S2. The van der Waals surface area contributed by atoms with E-state index in [9.17, 15) is 27.9 Å². The lowest BCUT2D eigenvalue weighted by Crippen LogP contribution is -2.56. The molecule has 4 heterocycles. The van der Waals surface area contributed by atoms with Crippen molar-refractivity contribution in [1.82, 2.24) is 35.4 Å². The van der Waals surface area contributed by atoms with Crippen LogP contribution in [0.2, 0.25) is 5.02 Å².